The minimum Gasteiger partial charge on any atom is -0.444 e. The normalized spacial score (nSPS) is 27.6. The van der Waals surface area contributed by atoms with E-state index < -0.39 is 29.4 Å². The van der Waals surface area contributed by atoms with E-state index in [9.17, 15) is 22.8 Å². The highest BCUT2D eigenvalue weighted by Crippen LogP contribution is 2.48. The Labute approximate surface area is 189 Å². The molecular weight excluding hydrogens is 443 g/mol. The molecule has 0 bridgehead atoms. The number of alkyl halides is 3. The molecule has 1 aromatic heterocycles. The van der Waals surface area contributed by atoms with Gasteiger partial charge >= 0.3 is 12.3 Å². The van der Waals surface area contributed by atoms with Crippen LogP contribution in [-0.4, -0.2) is 51.1 Å². The third-order valence-electron chi connectivity index (χ3n) is 6.31. The predicted molar refractivity (Wildman–Crippen MR) is 114 cm³/mol. The number of nitrogens with one attached hydrogen (secondary N) is 1. The molecule has 0 spiro atoms. The van der Waals surface area contributed by atoms with Crippen LogP contribution in [-0.2, 0) is 28.7 Å². The van der Waals surface area contributed by atoms with Crippen LogP contribution in [0.4, 0.5) is 18.0 Å². The van der Waals surface area contributed by atoms with Crippen molar-refractivity contribution in [1.82, 2.24) is 15.2 Å². The van der Waals surface area contributed by atoms with Gasteiger partial charge in [0.15, 0.2) is 0 Å². The van der Waals surface area contributed by atoms with Crippen molar-refractivity contribution in [2.75, 3.05) is 12.3 Å². The quantitative estimate of drug-likeness (QED) is 0.706. The van der Waals surface area contributed by atoms with Crippen LogP contribution in [0, 0.1) is 11.8 Å². The number of carbonyl (C=O) groups excluding carboxylic acids is 2. The molecule has 4 atom stereocenters. The molecule has 3 heterocycles. The van der Waals surface area contributed by atoms with Crippen molar-refractivity contribution in [2.24, 2.45) is 11.8 Å². The lowest BCUT2D eigenvalue weighted by molar-refractivity contribution is -0.138. The summed E-state index contributed by atoms with van der Waals surface area (Å²) >= 11 is 1.82. The fraction of sp³-hybridized carbons (Fsp3) is 0.682. The van der Waals surface area contributed by atoms with Crippen molar-refractivity contribution >= 4 is 23.8 Å². The lowest BCUT2D eigenvalue weighted by atomic mass is 9.89. The molecular formula is C22H28F3N3O3S. The molecule has 1 saturated heterocycles. The first kappa shape index (κ1) is 23.2. The Morgan fingerprint density at radius 2 is 2.03 bits per heavy atom. The third-order valence-corrected chi connectivity index (χ3v) is 7.75. The van der Waals surface area contributed by atoms with Crippen molar-refractivity contribution in [1.29, 1.82) is 0 Å². The Morgan fingerprint density at radius 3 is 2.72 bits per heavy atom. The van der Waals surface area contributed by atoms with Crippen LogP contribution in [0.5, 0.6) is 0 Å². The third kappa shape index (κ3) is 4.84. The van der Waals surface area contributed by atoms with Crippen molar-refractivity contribution in [3.8, 4) is 0 Å². The first-order valence-corrected chi connectivity index (χ1v) is 11.9. The summed E-state index contributed by atoms with van der Waals surface area (Å²) in [6.07, 6.45) is -2.17. The molecule has 1 aliphatic carbocycles. The second kappa shape index (κ2) is 8.43. The molecule has 176 valence electrons. The van der Waals surface area contributed by atoms with Crippen molar-refractivity contribution in [3.63, 3.8) is 0 Å². The van der Waals surface area contributed by atoms with Crippen molar-refractivity contribution in [3.05, 3.63) is 29.1 Å². The number of pyridine rings is 1. The molecule has 3 aliphatic rings. The number of thioether (sulfide) groups is 1. The highest BCUT2D eigenvalue weighted by molar-refractivity contribution is 8.00. The molecule has 2 aliphatic heterocycles. The zero-order chi connectivity index (χ0) is 23.3. The topological polar surface area (TPSA) is 71.5 Å². The molecule has 0 aromatic carbocycles. The van der Waals surface area contributed by atoms with E-state index in [1.807, 2.05) is 11.8 Å². The van der Waals surface area contributed by atoms with E-state index in [0.717, 1.165) is 24.4 Å². The van der Waals surface area contributed by atoms with E-state index in [1.165, 1.54) is 0 Å². The van der Waals surface area contributed by atoms with Gasteiger partial charge in [0.2, 0.25) is 5.91 Å². The smallest absolute Gasteiger partial charge is 0.417 e. The number of amides is 2. The van der Waals surface area contributed by atoms with Gasteiger partial charge in [0.25, 0.3) is 0 Å². The molecule has 2 fully saturated rings. The van der Waals surface area contributed by atoms with Gasteiger partial charge in [-0.25, -0.2) is 4.79 Å². The summed E-state index contributed by atoms with van der Waals surface area (Å²) in [6, 6.07) is 0.752. The minimum absolute atomic E-state index is 0.102. The Hall–Kier alpha value is -1.97. The van der Waals surface area contributed by atoms with Gasteiger partial charge in [0, 0.05) is 42.7 Å². The van der Waals surface area contributed by atoms with E-state index in [2.05, 4.69) is 10.3 Å². The van der Waals surface area contributed by atoms with E-state index in [1.54, 1.807) is 25.7 Å². The Bertz CT molecular complexity index is 903. The first-order chi connectivity index (χ1) is 14.9. The Balaban J connectivity index is 1.52. The van der Waals surface area contributed by atoms with Crippen molar-refractivity contribution < 1.29 is 27.5 Å². The lowest BCUT2D eigenvalue weighted by Crippen LogP contribution is -2.49. The van der Waals surface area contributed by atoms with Crippen LogP contribution in [0.1, 0.15) is 50.4 Å². The number of fused-ring (bicyclic) bond motifs is 2. The van der Waals surface area contributed by atoms with E-state index in [0.29, 0.717) is 35.9 Å². The summed E-state index contributed by atoms with van der Waals surface area (Å²) in [4.78, 5) is 31.6. The SMILES string of the molecule is CC(C)(C)OC(=O)N[C@@H]1C[C@H]2SCC[C@H]2[C@@H]1C(=O)N1CCc2ncc(C(F)(F)F)cc2C1. The van der Waals surface area contributed by atoms with Crippen LogP contribution in [0.3, 0.4) is 0 Å². The van der Waals surface area contributed by atoms with Gasteiger partial charge in [-0.15, -0.1) is 0 Å². The summed E-state index contributed by atoms with van der Waals surface area (Å²) in [5.74, 6) is 0.611. The van der Waals surface area contributed by atoms with Crippen LogP contribution in [0.25, 0.3) is 0 Å². The second-order valence-electron chi connectivity index (χ2n) is 9.71. The van der Waals surface area contributed by atoms with E-state index in [4.69, 9.17) is 4.74 Å². The van der Waals surface area contributed by atoms with Crippen LogP contribution >= 0.6 is 11.8 Å². The van der Waals surface area contributed by atoms with E-state index >= 15 is 0 Å². The monoisotopic (exact) mass is 471 g/mol. The van der Waals surface area contributed by atoms with E-state index in [-0.39, 0.29) is 24.4 Å². The van der Waals surface area contributed by atoms with Gasteiger partial charge in [0.05, 0.1) is 11.5 Å². The Kier molecular flexibility index (Phi) is 6.11. The average molecular weight is 472 g/mol. The number of alkyl carbamates (subject to hydrolysis) is 1. The fourth-order valence-electron chi connectivity index (χ4n) is 4.96. The number of aromatic nitrogens is 1. The minimum atomic E-state index is -4.48. The number of nitrogens with zero attached hydrogens (tertiary/aromatic N) is 2. The molecule has 6 nitrogen and oxygen atoms in total. The van der Waals surface area contributed by atoms with Gasteiger partial charge in [-0.3, -0.25) is 9.78 Å². The predicted octanol–water partition coefficient (Wildman–Crippen LogP) is 4.02. The molecule has 1 saturated carbocycles. The number of carbonyl (C=O) groups is 2. The molecule has 2 amide bonds. The number of hydrogen-bond donors (Lipinski definition) is 1. The van der Waals surface area contributed by atoms with Gasteiger partial charge in [-0.05, 0) is 56.9 Å². The van der Waals surface area contributed by atoms with Gasteiger partial charge in [-0.2, -0.15) is 24.9 Å². The maximum Gasteiger partial charge on any atom is 0.417 e. The summed E-state index contributed by atoms with van der Waals surface area (Å²) in [5, 5.41) is 3.19. The highest BCUT2D eigenvalue weighted by atomic mass is 32.2. The summed E-state index contributed by atoms with van der Waals surface area (Å²) in [5.41, 5.74) is -0.409. The van der Waals surface area contributed by atoms with Gasteiger partial charge in [-0.1, -0.05) is 0 Å². The molecule has 10 heteroatoms. The number of rotatable bonds is 2. The molecule has 1 aromatic rings. The first-order valence-electron chi connectivity index (χ1n) is 10.9. The fourth-order valence-corrected chi connectivity index (χ4v) is 6.56. The van der Waals surface area contributed by atoms with Gasteiger partial charge < -0.3 is 15.0 Å². The molecule has 0 radical (unpaired) electrons. The number of halogens is 3. The Morgan fingerprint density at radius 1 is 1.28 bits per heavy atom. The maximum absolute atomic E-state index is 13.6. The van der Waals surface area contributed by atoms with Crippen molar-refractivity contribution in [2.45, 2.75) is 69.6 Å². The standard InChI is InChI=1S/C22H28F3N3O3S/c1-21(2,3)31-20(30)27-16-9-17-14(5-7-32-17)18(16)19(29)28-6-4-15-12(11-28)8-13(10-26-15)22(23,24)25/h8,10,14,16-18H,4-7,9,11H2,1-3H3,(H,27,30)/t14-,16-,17-,18+/m1/s1. The summed E-state index contributed by atoms with van der Waals surface area (Å²) in [7, 11) is 0. The molecule has 1 N–H and O–H groups in total. The second-order valence-corrected chi connectivity index (χ2v) is 11.1. The molecule has 4 rings (SSSR count). The maximum atomic E-state index is 13.6. The highest BCUT2D eigenvalue weighted by Gasteiger charge is 2.51. The lowest BCUT2D eigenvalue weighted by Gasteiger charge is -2.34. The van der Waals surface area contributed by atoms with Crippen LogP contribution in [0.2, 0.25) is 0 Å². The van der Waals surface area contributed by atoms with Crippen LogP contribution in [0.15, 0.2) is 12.3 Å². The molecule has 32 heavy (non-hydrogen) atoms. The number of hydrogen-bond acceptors (Lipinski definition) is 5. The van der Waals surface area contributed by atoms with Gasteiger partial charge in [0.1, 0.15) is 5.60 Å². The van der Waals surface area contributed by atoms with Crippen LogP contribution < -0.4 is 5.32 Å². The average Bonchev–Trinajstić information content (AvgIpc) is 3.25. The largest absolute Gasteiger partial charge is 0.444 e. The zero-order valence-electron chi connectivity index (χ0n) is 18.4. The summed E-state index contributed by atoms with van der Waals surface area (Å²) < 4.78 is 44.8. The zero-order valence-corrected chi connectivity index (χ0v) is 19.2. The summed E-state index contributed by atoms with van der Waals surface area (Å²) in [6.45, 7) is 5.85. The molecule has 0 unspecified atom stereocenters. The number of ether oxygens (including phenoxy) is 1.